The van der Waals surface area contributed by atoms with Crippen molar-refractivity contribution in [2.45, 2.75) is 38.6 Å². The van der Waals surface area contributed by atoms with Gasteiger partial charge in [-0.2, -0.15) is 0 Å². The molecule has 0 aliphatic heterocycles. The van der Waals surface area contributed by atoms with Crippen LogP contribution in [0.25, 0.3) is 11.0 Å². The van der Waals surface area contributed by atoms with Crippen LogP contribution in [0.1, 0.15) is 41.8 Å². The Bertz CT molecular complexity index is 641. The summed E-state index contributed by atoms with van der Waals surface area (Å²) in [4.78, 5) is 14.5. The van der Waals surface area contributed by atoms with Crippen molar-refractivity contribution in [3.8, 4) is 0 Å². The largest absolute Gasteiger partial charge is 0.451 e. The highest BCUT2D eigenvalue weighted by Gasteiger charge is 2.28. The molecule has 21 heavy (non-hydrogen) atoms. The van der Waals surface area contributed by atoms with Crippen LogP contribution >= 0.6 is 0 Å². The monoisotopic (exact) mass is 287 g/mol. The van der Waals surface area contributed by atoms with E-state index in [1.54, 1.807) is 4.90 Å². The number of rotatable bonds is 4. The second-order valence-corrected chi connectivity index (χ2v) is 5.81. The van der Waals surface area contributed by atoms with Gasteiger partial charge >= 0.3 is 0 Å². The molecule has 0 spiro atoms. The van der Waals surface area contributed by atoms with Crippen LogP contribution in [0.2, 0.25) is 0 Å². The molecule has 3 rings (SSSR count). The first-order valence-electron chi connectivity index (χ1n) is 7.61. The van der Waals surface area contributed by atoms with Crippen LogP contribution in [0.15, 0.2) is 28.7 Å². The maximum absolute atomic E-state index is 12.7. The van der Waals surface area contributed by atoms with Crippen LogP contribution in [-0.4, -0.2) is 35.1 Å². The molecule has 1 aliphatic carbocycles. The van der Waals surface area contributed by atoms with Gasteiger partial charge in [0.1, 0.15) is 5.58 Å². The van der Waals surface area contributed by atoms with Gasteiger partial charge in [-0.05, 0) is 38.0 Å². The molecule has 1 aromatic carbocycles. The van der Waals surface area contributed by atoms with Gasteiger partial charge in [-0.1, -0.05) is 24.5 Å². The van der Waals surface area contributed by atoms with Gasteiger partial charge in [0.05, 0.1) is 6.61 Å². The van der Waals surface area contributed by atoms with Gasteiger partial charge in [-0.3, -0.25) is 4.79 Å². The van der Waals surface area contributed by atoms with Gasteiger partial charge in [0, 0.05) is 18.0 Å². The molecule has 1 fully saturated rings. The number of hydrogen-bond acceptors (Lipinski definition) is 3. The summed E-state index contributed by atoms with van der Waals surface area (Å²) >= 11 is 0. The highest BCUT2D eigenvalue weighted by Crippen LogP contribution is 2.27. The lowest BCUT2D eigenvalue weighted by Gasteiger charge is -2.27. The first kappa shape index (κ1) is 14.1. The summed E-state index contributed by atoms with van der Waals surface area (Å²) in [6.07, 6.45) is 4.34. The van der Waals surface area contributed by atoms with E-state index < -0.39 is 0 Å². The Morgan fingerprint density at radius 2 is 2.10 bits per heavy atom. The third kappa shape index (κ3) is 2.81. The molecule has 1 heterocycles. The fraction of sp³-hybridized carbons (Fsp3) is 0.471. The second kappa shape index (κ2) is 5.90. The molecule has 2 aromatic rings. The number of hydrogen-bond donors (Lipinski definition) is 1. The van der Waals surface area contributed by atoms with Crippen LogP contribution in [0.4, 0.5) is 0 Å². The fourth-order valence-electron chi connectivity index (χ4n) is 3.18. The van der Waals surface area contributed by atoms with Crippen LogP contribution in [0.3, 0.4) is 0 Å². The van der Waals surface area contributed by atoms with Gasteiger partial charge in [0.15, 0.2) is 5.76 Å². The van der Waals surface area contributed by atoms with Gasteiger partial charge in [-0.15, -0.1) is 0 Å². The molecule has 0 unspecified atom stereocenters. The Labute approximate surface area is 124 Å². The van der Waals surface area contributed by atoms with E-state index in [9.17, 15) is 9.90 Å². The molecule has 1 N–H and O–H groups in total. The normalized spacial score (nSPS) is 15.7. The van der Waals surface area contributed by atoms with Crippen molar-refractivity contribution in [1.82, 2.24) is 4.90 Å². The highest BCUT2D eigenvalue weighted by atomic mass is 16.3. The fourth-order valence-corrected chi connectivity index (χ4v) is 3.18. The summed E-state index contributed by atoms with van der Waals surface area (Å²) in [5, 5.41) is 10.2. The number of aliphatic hydroxyl groups is 1. The minimum absolute atomic E-state index is 0.0123. The first-order chi connectivity index (χ1) is 10.2. The predicted molar refractivity (Wildman–Crippen MR) is 81.3 cm³/mol. The average molecular weight is 287 g/mol. The zero-order chi connectivity index (χ0) is 14.8. The molecule has 1 saturated carbocycles. The number of benzene rings is 1. The van der Waals surface area contributed by atoms with Crippen LogP contribution < -0.4 is 0 Å². The molecule has 0 atom stereocenters. The number of furan rings is 1. The van der Waals surface area contributed by atoms with Crippen molar-refractivity contribution in [3.63, 3.8) is 0 Å². The highest BCUT2D eigenvalue weighted by molar-refractivity contribution is 5.96. The topological polar surface area (TPSA) is 53.7 Å². The number of aliphatic hydroxyl groups excluding tert-OH is 1. The van der Waals surface area contributed by atoms with E-state index in [4.69, 9.17) is 4.42 Å². The van der Waals surface area contributed by atoms with Gasteiger partial charge < -0.3 is 14.4 Å². The van der Waals surface area contributed by atoms with Crippen molar-refractivity contribution in [2.75, 3.05) is 13.2 Å². The molecular weight excluding hydrogens is 266 g/mol. The average Bonchev–Trinajstić information content (AvgIpc) is 3.12. The Morgan fingerprint density at radius 1 is 1.33 bits per heavy atom. The summed E-state index contributed by atoms with van der Waals surface area (Å²) < 4.78 is 5.70. The Hall–Kier alpha value is -1.81. The number of carbonyl (C=O) groups excluding carboxylic acids is 1. The van der Waals surface area contributed by atoms with Crippen LogP contribution in [0.5, 0.6) is 0 Å². The summed E-state index contributed by atoms with van der Waals surface area (Å²) in [6.45, 7) is 2.38. The lowest BCUT2D eigenvalue weighted by molar-refractivity contribution is 0.0608. The van der Waals surface area contributed by atoms with E-state index in [-0.39, 0.29) is 18.6 Å². The minimum atomic E-state index is -0.107. The molecule has 4 heteroatoms. The molecule has 1 aromatic heterocycles. The van der Waals surface area contributed by atoms with Crippen molar-refractivity contribution in [2.24, 2.45) is 0 Å². The molecular formula is C17H21NO3. The van der Waals surface area contributed by atoms with Crippen molar-refractivity contribution < 1.29 is 14.3 Å². The van der Waals surface area contributed by atoms with Gasteiger partial charge in [0.25, 0.3) is 5.91 Å². The quantitative estimate of drug-likeness (QED) is 0.940. The number of nitrogens with zero attached hydrogens (tertiary/aromatic N) is 1. The van der Waals surface area contributed by atoms with Gasteiger partial charge in [0.2, 0.25) is 0 Å². The smallest absolute Gasteiger partial charge is 0.289 e. The summed E-state index contributed by atoms with van der Waals surface area (Å²) in [5.41, 5.74) is 1.88. The molecule has 1 amide bonds. The SMILES string of the molecule is Cc1ccc2oc(C(=O)N(CCO)C3CCCC3)cc2c1. The summed E-state index contributed by atoms with van der Waals surface area (Å²) in [6, 6.07) is 7.93. The van der Waals surface area contributed by atoms with Crippen LogP contribution in [0, 0.1) is 6.92 Å². The standard InChI is InChI=1S/C17H21NO3/c1-12-6-7-15-13(10-12)11-16(21-15)17(20)18(8-9-19)14-4-2-3-5-14/h6-7,10-11,14,19H,2-5,8-9H2,1H3. The molecule has 0 radical (unpaired) electrons. The predicted octanol–water partition coefficient (Wildman–Crippen LogP) is 3.12. The zero-order valence-corrected chi connectivity index (χ0v) is 12.3. The van der Waals surface area contributed by atoms with Crippen molar-refractivity contribution >= 4 is 16.9 Å². The zero-order valence-electron chi connectivity index (χ0n) is 12.3. The Balaban J connectivity index is 1.89. The van der Waals surface area contributed by atoms with E-state index >= 15 is 0 Å². The lowest BCUT2D eigenvalue weighted by Crippen LogP contribution is -2.40. The second-order valence-electron chi connectivity index (χ2n) is 5.81. The Morgan fingerprint density at radius 3 is 2.81 bits per heavy atom. The van der Waals surface area contributed by atoms with E-state index in [2.05, 4.69) is 0 Å². The van der Waals surface area contributed by atoms with E-state index in [0.29, 0.717) is 12.3 Å². The number of amides is 1. The number of fused-ring (bicyclic) bond motifs is 1. The lowest BCUT2D eigenvalue weighted by atomic mass is 10.1. The van der Waals surface area contributed by atoms with E-state index in [0.717, 1.165) is 42.2 Å². The minimum Gasteiger partial charge on any atom is -0.451 e. The third-order valence-corrected chi connectivity index (χ3v) is 4.25. The maximum atomic E-state index is 12.7. The number of aryl methyl sites for hydroxylation is 1. The summed E-state index contributed by atoms with van der Waals surface area (Å²) in [7, 11) is 0. The molecule has 1 aliphatic rings. The number of carbonyl (C=O) groups is 1. The summed E-state index contributed by atoms with van der Waals surface area (Å²) in [5.74, 6) is 0.265. The maximum Gasteiger partial charge on any atom is 0.289 e. The van der Waals surface area contributed by atoms with E-state index in [1.165, 1.54) is 0 Å². The molecule has 0 saturated heterocycles. The molecule has 0 bridgehead atoms. The van der Waals surface area contributed by atoms with Crippen LogP contribution in [-0.2, 0) is 0 Å². The first-order valence-corrected chi connectivity index (χ1v) is 7.61. The Kier molecular flexibility index (Phi) is 3.97. The third-order valence-electron chi connectivity index (χ3n) is 4.25. The van der Waals surface area contributed by atoms with Gasteiger partial charge in [-0.25, -0.2) is 0 Å². The van der Waals surface area contributed by atoms with Crippen molar-refractivity contribution in [1.29, 1.82) is 0 Å². The molecule has 112 valence electrons. The van der Waals surface area contributed by atoms with Crippen molar-refractivity contribution in [3.05, 3.63) is 35.6 Å². The van der Waals surface area contributed by atoms with E-state index in [1.807, 2.05) is 31.2 Å². The molecule has 4 nitrogen and oxygen atoms in total.